The minimum atomic E-state index is -0.243. The van der Waals surface area contributed by atoms with Gasteiger partial charge in [-0.25, -0.2) is 4.68 Å². The van der Waals surface area contributed by atoms with Crippen LogP contribution in [0.1, 0.15) is 30.1 Å². The van der Waals surface area contributed by atoms with Gasteiger partial charge < -0.3 is 15.4 Å². The average molecular weight is 363 g/mol. The highest BCUT2D eigenvalue weighted by atomic mass is 16.5. The van der Waals surface area contributed by atoms with Crippen molar-refractivity contribution in [2.45, 2.75) is 25.0 Å². The first-order chi connectivity index (χ1) is 13.2. The van der Waals surface area contributed by atoms with Gasteiger partial charge in [-0.2, -0.15) is 10.1 Å². The van der Waals surface area contributed by atoms with Crippen molar-refractivity contribution in [3.63, 3.8) is 0 Å². The fraction of sp³-hybridized carbons (Fsp3) is 0.250. The Bertz CT molecular complexity index is 923. The van der Waals surface area contributed by atoms with Gasteiger partial charge in [-0.3, -0.25) is 4.79 Å². The first-order valence-electron chi connectivity index (χ1n) is 8.79. The Morgan fingerprint density at radius 3 is 2.52 bits per heavy atom. The molecule has 0 bridgehead atoms. The molecule has 2 aromatic carbocycles. The van der Waals surface area contributed by atoms with E-state index in [9.17, 15) is 4.79 Å². The Morgan fingerprint density at radius 1 is 1.11 bits per heavy atom. The molecule has 1 aromatic heterocycles. The first kappa shape index (κ1) is 17.1. The summed E-state index contributed by atoms with van der Waals surface area (Å²) in [6, 6.07) is 17.3. The molecule has 1 amide bonds. The fourth-order valence-corrected chi connectivity index (χ4v) is 3.62. The Morgan fingerprint density at radius 2 is 1.85 bits per heavy atom. The largest absolute Gasteiger partial charge is 0.497 e. The lowest BCUT2D eigenvalue weighted by Gasteiger charge is -2.40. The molecule has 2 heterocycles. The second kappa shape index (κ2) is 7.11. The Hall–Kier alpha value is -3.35. The van der Waals surface area contributed by atoms with Crippen molar-refractivity contribution < 1.29 is 9.53 Å². The van der Waals surface area contributed by atoms with Crippen molar-refractivity contribution in [1.29, 1.82) is 0 Å². The molecule has 0 fully saturated rings. The maximum Gasteiger partial charge on any atom is 0.222 e. The minimum Gasteiger partial charge on any atom is -0.497 e. The number of amides is 1. The van der Waals surface area contributed by atoms with E-state index in [1.165, 1.54) is 13.3 Å². The van der Waals surface area contributed by atoms with Crippen LogP contribution in [0, 0.1) is 0 Å². The van der Waals surface area contributed by atoms with Crippen LogP contribution in [-0.2, 0) is 4.79 Å². The van der Waals surface area contributed by atoms with Crippen LogP contribution < -0.4 is 15.4 Å². The standard InChI is InChI=1S/C20H21N5O2/c1-13(26)23-18-17(14-8-10-16(27-2)11-9-14)24-20-21-12-22-25(20)19(18)15-6-4-3-5-7-15/h3-12,17-19H,1-2H3,(H,23,26)(H,21,22,24)/t17-,18+,19+/m0/s1. The van der Waals surface area contributed by atoms with Gasteiger partial charge in [0.05, 0.1) is 19.2 Å². The molecule has 0 saturated heterocycles. The number of carbonyl (C=O) groups is 1. The number of aromatic nitrogens is 3. The van der Waals surface area contributed by atoms with Crippen LogP contribution in [0.4, 0.5) is 5.95 Å². The van der Waals surface area contributed by atoms with Gasteiger partial charge in [0.25, 0.3) is 0 Å². The van der Waals surface area contributed by atoms with E-state index in [-0.39, 0.29) is 24.0 Å². The van der Waals surface area contributed by atoms with Gasteiger partial charge in [0.2, 0.25) is 11.9 Å². The van der Waals surface area contributed by atoms with Crippen molar-refractivity contribution in [1.82, 2.24) is 20.1 Å². The van der Waals surface area contributed by atoms with Crippen LogP contribution in [0.3, 0.4) is 0 Å². The molecule has 0 saturated carbocycles. The zero-order chi connectivity index (χ0) is 18.8. The normalized spacial score (nSPS) is 21.0. The van der Waals surface area contributed by atoms with Crippen molar-refractivity contribution in [3.05, 3.63) is 72.1 Å². The van der Waals surface area contributed by atoms with E-state index in [2.05, 4.69) is 20.7 Å². The van der Waals surface area contributed by atoms with Gasteiger partial charge in [-0.05, 0) is 23.3 Å². The molecule has 138 valence electrons. The number of nitrogens with one attached hydrogen (secondary N) is 2. The van der Waals surface area contributed by atoms with Crippen molar-refractivity contribution in [3.8, 4) is 5.75 Å². The first-order valence-corrected chi connectivity index (χ1v) is 8.79. The topological polar surface area (TPSA) is 81.1 Å². The summed E-state index contributed by atoms with van der Waals surface area (Å²) in [4.78, 5) is 16.4. The molecule has 4 rings (SSSR count). The maximum absolute atomic E-state index is 12.0. The predicted molar refractivity (Wildman–Crippen MR) is 102 cm³/mol. The number of nitrogens with zero attached hydrogens (tertiary/aromatic N) is 3. The van der Waals surface area contributed by atoms with Crippen molar-refractivity contribution >= 4 is 11.9 Å². The Balaban J connectivity index is 1.82. The molecule has 3 atom stereocenters. The molecule has 0 unspecified atom stereocenters. The molecule has 3 aromatic rings. The fourth-order valence-electron chi connectivity index (χ4n) is 3.62. The summed E-state index contributed by atoms with van der Waals surface area (Å²) >= 11 is 0. The van der Waals surface area contributed by atoms with Gasteiger partial charge in [0, 0.05) is 6.92 Å². The highest BCUT2D eigenvalue weighted by Crippen LogP contribution is 2.38. The molecule has 0 aliphatic carbocycles. The third-order valence-electron chi connectivity index (χ3n) is 4.81. The Labute approximate surface area is 157 Å². The molecule has 27 heavy (non-hydrogen) atoms. The lowest BCUT2D eigenvalue weighted by Crippen LogP contribution is -2.50. The summed E-state index contributed by atoms with van der Waals surface area (Å²) in [6.07, 6.45) is 1.53. The molecule has 7 heteroatoms. The lowest BCUT2D eigenvalue weighted by molar-refractivity contribution is -0.120. The van der Waals surface area contributed by atoms with E-state index in [0.717, 1.165) is 16.9 Å². The van der Waals surface area contributed by atoms with E-state index < -0.39 is 0 Å². The van der Waals surface area contributed by atoms with Crippen LogP contribution >= 0.6 is 0 Å². The van der Waals surface area contributed by atoms with Crippen LogP contribution in [0.15, 0.2) is 60.9 Å². The lowest BCUT2D eigenvalue weighted by atomic mass is 9.88. The maximum atomic E-state index is 12.0. The molecular formula is C20H21N5O2. The third kappa shape index (κ3) is 3.23. The van der Waals surface area contributed by atoms with E-state index in [1.807, 2.05) is 59.3 Å². The second-order valence-electron chi connectivity index (χ2n) is 6.51. The summed E-state index contributed by atoms with van der Waals surface area (Å²) in [5.74, 6) is 1.37. The number of hydrogen-bond acceptors (Lipinski definition) is 5. The summed E-state index contributed by atoms with van der Waals surface area (Å²) in [5.41, 5.74) is 2.09. The van der Waals surface area contributed by atoms with Crippen LogP contribution in [0.2, 0.25) is 0 Å². The number of anilines is 1. The molecule has 0 spiro atoms. The molecule has 1 aliphatic rings. The summed E-state index contributed by atoms with van der Waals surface area (Å²) < 4.78 is 7.09. The number of benzene rings is 2. The second-order valence-corrected chi connectivity index (χ2v) is 6.51. The van der Waals surface area contributed by atoms with Gasteiger partial charge >= 0.3 is 0 Å². The van der Waals surface area contributed by atoms with E-state index >= 15 is 0 Å². The number of ether oxygens (including phenoxy) is 1. The highest BCUT2D eigenvalue weighted by Gasteiger charge is 2.40. The Kier molecular flexibility index (Phi) is 4.50. The van der Waals surface area contributed by atoms with E-state index in [0.29, 0.717) is 5.95 Å². The van der Waals surface area contributed by atoms with Crippen molar-refractivity contribution in [2.75, 3.05) is 12.4 Å². The molecular weight excluding hydrogens is 342 g/mol. The number of rotatable bonds is 4. The van der Waals surface area contributed by atoms with E-state index in [4.69, 9.17) is 4.74 Å². The summed E-state index contributed by atoms with van der Waals surface area (Å²) in [5, 5.41) is 10.9. The van der Waals surface area contributed by atoms with Crippen LogP contribution in [0.5, 0.6) is 5.75 Å². The van der Waals surface area contributed by atoms with Gasteiger partial charge in [-0.15, -0.1) is 0 Å². The molecule has 0 radical (unpaired) electrons. The molecule has 2 N–H and O–H groups in total. The van der Waals surface area contributed by atoms with E-state index in [1.54, 1.807) is 7.11 Å². The predicted octanol–water partition coefficient (Wildman–Crippen LogP) is 2.55. The zero-order valence-electron chi connectivity index (χ0n) is 15.2. The monoisotopic (exact) mass is 363 g/mol. The summed E-state index contributed by atoms with van der Waals surface area (Å²) in [7, 11) is 1.64. The SMILES string of the molecule is COc1ccc([C@@H]2Nc3ncnn3[C@H](c3ccccc3)[C@@H]2NC(C)=O)cc1. The van der Waals surface area contributed by atoms with Gasteiger partial charge in [-0.1, -0.05) is 42.5 Å². The number of hydrogen-bond donors (Lipinski definition) is 2. The number of fused-ring (bicyclic) bond motifs is 1. The van der Waals surface area contributed by atoms with Gasteiger partial charge in [0.1, 0.15) is 18.1 Å². The van der Waals surface area contributed by atoms with Gasteiger partial charge in [0.15, 0.2) is 0 Å². The summed E-state index contributed by atoms with van der Waals surface area (Å²) in [6.45, 7) is 1.53. The average Bonchev–Trinajstić information content (AvgIpc) is 3.16. The zero-order valence-corrected chi connectivity index (χ0v) is 15.2. The number of carbonyl (C=O) groups excluding carboxylic acids is 1. The number of methoxy groups -OCH3 is 1. The smallest absolute Gasteiger partial charge is 0.222 e. The van der Waals surface area contributed by atoms with Crippen LogP contribution in [0.25, 0.3) is 0 Å². The minimum absolute atomic E-state index is 0.0928. The molecule has 1 aliphatic heterocycles. The third-order valence-corrected chi connectivity index (χ3v) is 4.81. The van der Waals surface area contributed by atoms with Crippen molar-refractivity contribution in [2.24, 2.45) is 0 Å². The quantitative estimate of drug-likeness (QED) is 0.745. The highest BCUT2D eigenvalue weighted by molar-refractivity contribution is 5.73. The van der Waals surface area contributed by atoms with Crippen LogP contribution in [-0.4, -0.2) is 33.8 Å². The molecule has 7 nitrogen and oxygen atoms in total.